The van der Waals surface area contributed by atoms with E-state index >= 15 is 0 Å². The minimum atomic E-state index is 0.116. The van der Waals surface area contributed by atoms with Crippen LogP contribution in [0, 0.1) is 0 Å². The summed E-state index contributed by atoms with van der Waals surface area (Å²) in [6, 6.07) is 6.20. The number of nitrogens with zero attached hydrogens (tertiary/aromatic N) is 1. The van der Waals surface area contributed by atoms with Gasteiger partial charge >= 0.3 is 0 Å². The molecule has 3 heteroatoms. The zero-order valence-corrected chi connectivity index (χ0v) is 11.2. The molecule has 0 spiro atoms. The molecule has 1 aliphatic rings. The van der Waals surface area contributed by atoms with Gasteiger partial charge in [0.15, 0.2) is 0 Å². The predicted octanol–water partition coefficient (Wildman–Crippen LogP) is 3.05. The molecule has 0 aliphatic carbocycles. The quantitative estimate of drug-likeness (QED) is 0.810. The van der Waals surface area contributed by atoms with Crippen molar-refractivity contribution >= 4 is 17.3 Å². The molecule has 1 aliphatic heterocycles. The van der Waals surface area contributed by atoms with Gasteiger partial charge < -0.3 is 10.2 Å². The summed E-state index contributed by atoms with van der Waals surface area (Å²) in [5.41, 5.74) is 3.29. The number of carbonyl (C=O) groups excluding carboxylic acids is 1. The van der Waals surface area contributed by atoms with E-state index in [1.807, 2.05) is 13.1 Å². The summed E-state index contributed by atoms with van der Waals surface area (Å²) in [4.78, 5) is 13.1. The van der Waals surface area contributed by atoms with E-state index < -0.39 is 0 Å². The molecule has 0 aromatic heterocycles. The number of fused-ring (bicyclic) bond motifs is 1. The van der Waals surface area contributed by atoms with E-state index in [9.17, 15) is 4.79 Å². The number of likely N-dealkylation sites (N-methyl/N-ethyl adjacent to an activating group) is 1. The molecular weight excluding hydrogens is 212 g/mol. The van der Waals surface area contributed by atoms with Gasteiger partial charge in [0.1, 0.15) is 0 Å². The van der Waals surface area contributed by atoms with Gasteiger partial charge in [-0.1, -0.05) is 33.3 Å². The molecule has 17 heavy (non-hydrogen) atoms. The molecule has 1 N–H and O–H groups in total. The third kappa shape index (κ3) is 3.22. The Bertz CT molecular complexity index is 388. The standard InChI is InChI=1S/C11H14N2O.C3H8/c1-3-8-4-5-9-10(6-8)13(2)11(14)7-12-9;1-3-2/h4-6,12H,3,7H2,1-2H3;3H2,1-2H3. The van der Waals surface area contributed by atoms with Crippen molar-refractivity contribution < 1.29 is 4.79 Å². The molecule has 0 saturated heterocycles. The van der Waals surface area contributed by atoms with Crippen LogP contribution in [-0.4, -0.2) is 19.5 Å². The maximum Gasteiger partial charge on any atom is 0.246 e. The van der Waals surface area contributed by atoms with Crippen LogP contribution in [0.25, 0.3) is 0 Å². The second-order valence-corrected chi connectivity index (χ2v) is 4.22. The molecule has 0 unspecified atom stereocenters. The van der Waals surface area contributed by atoms with Crippen molar-refractivity contribution in [1.29, 1.82) is 0 Å². The topological polar surface area (TPSA) is 32.3 Å². The zero-order valence-electron chi connectivity index (χ0n) is 11.2. The summed E-state index contributed by atoms with van der Waals surface area (Å²) < 4.78 is 0. The van der Waals surface area contributed by atoms with Crippen molar-refractivity contribution in [1.82, 2.24) is 0 Å². The molecule has 0 atom stereocenters. The van der Waals surface area contributed by atoms with Crippen molar-refractivity contribution in [2.75, 3.05) is 23.8 Å². The average Bonchev–Trinajstić information content (AvgIpc) is 2.35. The maximum absolute atomic E-state index is 11.4. The van der Waals surface area contributed by atoms with Crippen LogP contribution in [-0.2, 0) is 11.2 Å². The Morgan fingerprint density at radius 2 is 1.94 bits per heavy atom. The molecule has 2 rings (SSSR count). The zero-order chi connectivity index (χ0) is 12.8. The highest BCUT2D eigenvalue weighted by Gasteiger charge is 2.19. The monoisotopic (exact) mass is 234 g/mol. The molecule has 3 nitrogen and oxygen atoms in total. The molecule has 0 radical (unpaired) electrons. The van der Waals surface area contributed by atoms with Gasteiger partial charge in [-0.25, -0.2) is 0 Å². The van der Waals surface area contributed by atoms with Crippen LogP contribution >= 0.6 is 0 Å². The number of aryl methyl sites for hydroxylation is 1. The van der Waals surface area contributed by atoms with Gasteiger partial charge in [0.25, 0.3) is 0 Å². The predicted molar refractivity (Wildman–Crippen MR) is 73.7 cm³/mol. The number of benzene rings is 1. The van der Waals surface area contributed by atoms with Gasteiger partial charge in [-0.2, -0.15) is 0 Å². The largest absolute Gasteiger partial charge is 0.374 e. The van der Waals surface area contributed by atoms with Gasteiger partial charge in [-0.15, -0.1) is 0 Å². The SMILES string of the molecule is CCC.CCc1ccc2c(c1)N(C)C(=O)CN2. The Morgan fingerprint density at radius 3 is 2.53 bits per heavy atom. The van der Waals surface area contributed by atoms with Gasteiger partial charge in [0.05, 0.1) is 17.9 Å². The van der Waals surface area contributed by atoms with Crippen LogP contribution in [0.2, 0.25) is 0 Å². The minimum absolute atomic E-state index is 0.116. The van der Waals surface area contributed by atoms with Crippen LogP contribution < -0.4 is 10.2 Å². The van der Waals surface area contributed by atoms with Crippen LogP contribution in [0.15, 0.2) is 18.2 Å². The third-order valence-corrected chi connectivity index (χ3v) is 2.64. The van der Waals surface area contributed by atoms with Crippen molar-refractivity contribution in [3.8, 4) is 0 Å². The highest BCUT2D eigenvalue weighted by Crippen LogP contribution is 2.29. The summed E-state index contributed by atoms with van der Waals surface area (Å²) in [6.45, 7) is 6.76. The summed E-state index contributed by atoms with van der Waals surface area (Å²) >= 11 is 0. The van der Waals surface area contributed by atoms with Gasteiger partial charge in [-0.05, 0) is 24.1 Å². The molecule has 0 saturated carbocycles. The lowest BCUT2D eigenvalue weighted by Gasteiger charge is -2.27. The summed E-state index contributed by atoms with van der Waals surface area (Å²) in [6.07, 6.45) is 2.25. The lowest BCUT2D eigenvalue weighted by atomic mass is 10.1. The van der Waals surface area contributed by atoms with Gasteiger partial charge in [0, 0.05) is 7.05 Å². The number of amides is 1. The lowest BCUT2D eigenvalue weighted by molar-refractivity contribution is -0.116. The van der Waals surface area contributed by atoms with E-state index in [0.29, 0.717) is 6.54 Å². The summed E-state index contributed by atoms with van der Waals surface area (Å²) in [5.74, 6) is 0.116. The number of hydrogen-bond donors (Lipinski definition) is 1. The first kappa shape index (κ1) is 13.6. The normalized spacial score (nSPS) is 13.4. The maximum atomic E-state index is 11.4. The van der Waals surface area contributed by atoms with E-state index in [4.69, 9.17) is 0 Å². The van der Waals surface area contributed by atoms with Crippen molar-refractivity contribution in [2.24, 2.45) is 0 Å². The van der Waals surface area contributed by atoms with Gasteiger partial charge in [-0.3, -0.25) is 4.79 Å². The number of hydrogen-bond acceptors (Lipinski definition) is 2. The summed E-state index contributed by atoms with van der Waals surface area (Å²) in [7, 11) is 1.82. The highest BCUT2D eigenvalue weighted by atomic mass is 16.2. The smallest absolute Gasteiger partial charge is 0.246 e. The van der Waals surface area contributed by atoms with Crippen LogP contribution in [0.3, 0.4) is 0 Å². The Balaban J connectivity index is 0.000000437. The third-order valence-electron chi connectivity index (χ3n) is 2.64. The Morgan fingerprint density at radius 1 is 1.29 bits per heavy atom. The number of rotatable bonds is 1. The molecule has 94 valence electrons. The average molecular weight is 234 g/mol. The first-order chi connectivity index (χ1) is 8.13. The lowest BCUT2D eigenvalue weighted by Crippen LogP contribution is -2.36. The van der Waals surface area contributed by atoms with Crippen molar-refractivity contribution in [3.05, 3.63) is 23.8 Å². The van der Waals surface area contributed by atoms with Crippen molar-refractivity contribution in [2.45, 2.75) is 33.6 Å². The first-order valence-electron chi connectivity index (χ1n) is 6.27. The second-order valence-electron chi connectivity index (χ2n) is 4.22. The van der Waals surface area contributed by atoms with E-state index in [-0.39, 0.29) is 5.91 Å². The van der Waals surface area contributed by atoms with E-state index in [2.05, 4.69) is 38.2 Å². The minimum Gasteiger partial charge on any atom is -0.374 e. The Labute approximate surface area is 104 Å². The Kier molecular flexibility index (Phi) is 5.01. The number of nitrogens with one attached hydrogen (secondary N) is 1. The molecule has 0 bridgehead atoms. The molecule has 1 amide bonds. The summed E-state index contributed by atoms with van der Waals surface area (Å²) in [5, 5.41) is 3.10. The van der Waals surface area contributed by atoms with Crippen LogP contribution in [0.1, 0.15) is 32.8 Å². The number of anilines is 2. The molecule has 1 heterocycles. The second kappa shape index (κ2) is 6.28. The Hall–Kier alpha value is -1.51. The van der Waals surface area contributed by atoms with Crippen molar-refractivity contribution in [3.63, 3.8) is 0 Å². The van der Waals surface area contributed by atoms with E-state index in [0.717, 1.165) is 17.8 Å². The van der Waals surface area contributed by atoms with E-state index in [1.165, 1.54) is 12.0 Å². The highest BCUT2D eigenvalue weighted by molar-refractivity contribution is 6.02. The fourth-order valence-corrected chi connectivity index (χ4v) is 1.65. The fourth-order valence-electron chi connectivity index (χ4n) is 1.65. The van der Waals surface area contributed by atoms with Crippen LogP contribution in [0.5, 0.6) is 0 Å². The van der Waals surface area contributed by atoms with E-state index in [1.54, 1.807) is 4.90 Å². The fraction of sp³-hybridized carbons (Fsp3) is 0.500. The molecule has 1 aromatic rings. The van der Waals surface area contributed by atoms with Gasteiger partial charge in [0.2, 0.25) is 5.91 Å². The number of carbonyl (C=O) groups is 1. The first-order valence-corrected chi connectivity index (χ1v) is 6.27. The molecule has 0 fully saturated rings. The van der Waals surface area contributed by atoms with Crippen LogP contribution in [0.4, 0.5) is 11.4 Å². The molecule has 1 aromatic carbocycles. The molecular formula is C14H22N2O.